The highest BCUT2D eigenvalue weighted by molar-refractivity contribution is 5.98. The predicted molar refractivity (Wildman–Crippen MR) is 86.2 cm³/mol. The number of nitrogens with one attached hydrogen (secondary N) is 2. The average Bonchev–Trinajstić information content (AvgIpc) is 2.54. The maximum atomic E-state index is 5.93. The van der Waals surface area contributed by atoms with Crippen LogP contribution in [0.15, 0.2) is 35.7 Å². The molecule has 0 atom stereocenters. The second kappa shape index (κ2) is 6.69. The van der Waals surface area contributed by atoms with Gasteiger partial charge in [0.1, 0.15) is 5.82 Å². The van der Waals surface area contributed by atoms with Gasteiger partial charge in [0.05, 0.1) is 18.1 Å². The number of aryl methyl sites for hydroxylation is 1. The largest absolute Gasteiger partial charge is 0.382 e. The van der Waals surface area contributed by atoms with Gasteiger partial charge in [0.25, 0.3) is 0 Å². The lowest BCUT2D eigenvalue weighted by Gasteiger charge is -2.10. The van der Waals surface area contributed by atoms with Crippen molar-refractivity contribution in [2.45, 2.75) is 13.3 Å². The Kier molecular flexibility index (Phi) is 4.71. The number of hydrogen-bond acceptors (Lipinski definition) is 5. The lowest BCUT2D eigenvalue weighted by atomic mass is 9.99. The maximum Gasteiger partial charge on any atom is 0.150 e. The Bertz CT molecular complexity index is 633. The van der Waals surface area contributed by atoms with Gasteiger partial charge < -0.3 is 16.5 Å². The second-order valence-corrected chi connectivity index (χ2v) is 4.48. The average molecular weight is 284 g/mol. The molecule has 2 rings (SSSR count). The summed E-state index contributed by atoms with van der Waals surface area (Å²) in [5.74, 6) is 1.19. The van der Waals surface area contributed by atoms with E-state index in [4.69, 9.17) is 5.73 Å². The van der Waals surface area contributed by atoms with E-state index in [9.17, 15) is 0 Å². The van der Waals surface area contributed by atoms with Crippen molar-refractivity contribution < 1.29 is 0 Å². The first-order valence-corrected chi connectivity index (χ1v) is 6.83. The third-order valence-electron chi connectivity index (χ3n) is 3.20. The molecule has 0 fully saturated rings. The van der Waals surface area contributed by atoms with Crippen molar-refractivity contribution in [3.8, 4) is 11.3 Å². The fourth-order valence-electron chi connectivity index (χ4n) is 2.06. The molecule has 21 heavy (non-hydrogen) atoms. The number of nitrogens with zero attached hydrogens (tertiary/aromatic N) is 3. The van der Waals surface area contributed by atoms with E-state index in [0.29, 0.717) is 5.84 Å². The van der Waals surface area contributed by atoms with E-state index in [1.807, 2.05) is 19.2 Å². The Morgan fingerprint density at radius 2 is 2.05 bits per heavy atom. The zero-order valence-corrected chi connectivity index (χ0v) is 12.5. The molecule has 0 aliphatic heterocycles. The lowest BCUT2D eigenvalue weighted by molar-refractivity contribution is 0.898. The standard InChI is InChI=1S/C15H20N6/c1-4-10-5-6-11(15(16)21-18-3)7-12(10)13-8-20-14(17-2)9-19-13/h5-9,18H,4H2,1-3H3,(H2,16,21)(H,17,20). The molecule has 2 aromatic rings. The van der Waals surface area contributed by atoms with E-state index in [-0.39, 0.29) is 0 Å². The SMILES string of the molecule is CCc1ccc(/C(N)=N/NC)cc1-c1cnc(NC)cn1. The van der Waals surface area contributed by atoms with Crippen LogP contribution in [0.3, 0.4) is 0 Å². The third-order valence-corrected chi connectivity index (χ3v) is 3.20. The van der Waals surface area contributed by atoms with Gasteiger partial charge in [-0.05, 0) is 18.1 Å². The second-order valence-electron chi connectivity index (χ2n) is 4.48. The minimum absolute atomic E-state index is 0.446. The van der Waals surface area contributed by atoms with Crippen LogP contribution in [-0.4, -0.2) is 29.9 Å². The van der Waals surface area contributed by atoms with Crippen LogP contribution in [0.5, 0.6) is 0 Å². The summed E-state index contributed by atoms with van der Waals surface area (Å²) in [5.41, 5.74) is 12.5. The molecule has 0 radical (unpaired) electrons. The molecule has 0 saturated heterocycles. The van der Waals surface area contributed by atoms with Crippen molar-refractivity contribution in [2.24, 2.45) is 10.8 Å². The summed E-state index contributed by atoms with van der Waals surface area (Å²) in [7, 11) is 3.53. The summed E-state index contributed by atoms with van der Waals surface area (Å²) in [4.78, 5) is 8.77. The van der Waals surface area contributed by atoms with Gasteiger partial charge in [-0.3, -0.25) is 4.98 Å². The minimum atomic E-state index is 0.446. The maximum absolute atomic E-state index is 5.93. The van der Waals surface area contributed by atoms with Crippen LogP contribution in [0.1, 0.15) is 18.1 Å². The quantitative estimate of drug-likeness (QED) is 0.441. The van der Waals surface area contributed by atoms with Crippen LogP contribution < -0.4 is 16.5 Å². The summed E-state index contributed by atoms with van der Waals surface area (Å²) in [6.07, 6.45) is 4.39. The number of aromatic nitrogens is 2. The first-order valence-electron chi connectivity index (χ1n) is 6.83. The van der Waals surface area contributed by atoms with Crippen LogP contribution in [0.4, 0.5) is 5.82 Å². The van der Waals surface area contributed by atoms with E-state index in [2.05, 4.69) is 38.8 Å². The zero-order valence-electron chi connectivity index (χ0n) is 12.5. The molecule has 110 valence electrons. The van der Waals surface area contributed by atoms with Gasteiger partial charge in [-0.2, -0.15) is 5.10 Å². The Labute approximate surface area is 124 Å². The highest BCUT2D eigenvalue weighted by Crippen LogP contribution is 2.24. The fourth-order valence-corrected chi connectivity index (χ4v) is 2.06. The molecule has 0 spiro atoms. The minimum Gasteiger partial charge on any atom is -0.382 e. The molecule has 6 heteroatoms. The number of hydrazone groups is 1. The summed E-state index contributed by atoms with van der Waals surface area (Å²) in [5, 5.41) is 6.97. The molecule has 0 aliphatic rings. The molecular weight excluding hydrogens is 264 g/mol. The number of rotatable bonds is 5. The monoisotopic (exact) mass is 284 g/mol. The molecule has 0 unspecified atom stereocenters. The highest BCUT2D eigenvalue weighted by atomic mass is 15.3. The van der Waals surface area contributed by atoms with Crippen molar-refractivity contribution in [3.63, 3.8) is 0 Å². The first-order chi connectivity index (χ1) is 10.2. The molecule has 0 amide bonds. The summed E-state index contributed by atoms with van der Waals surface area (Å²) < 4.78 is 0. The third kappa shape index (κ3) is 3.28. The van der Waals surface area contributed by atoms with Gasteiger partial charge in [0.15, 0.2) is 5.84 Å². The predicted octanol–water partition coefficient (Wildman–Crippen LogP) is 1.59. The summed E-state index contributed by atoms with van der Waals surface area (Å²) in [6.45, 7) is 2.11. The Morgan fingerprint density at radius 1 is 1.24 bits per heavy atom. The smallest absolute Gasteiger partial charge is 0.150 e. The Balaban J connectivity index is 2.48. The van der Waals surface area contributed by atoms with E-state index in [0.717, 1.165) is 29.1 Å². The molecule has 0 saturated carbocycles. The van der Waals surface area contributed by atoms with E-state index < -0.39 is 0 Å². The van der Waals surface area contributed by atoms with Crippen LogP contribution in [0.2, 0.25) is 0 Å². The van der Waals surface area contributed by atoms with Crippen LogP contribution in [0, 0.1) is 0 Å². The van der Waals surface area contributed by atoms with Crippen LogP contribution >= 0.6 is 0 Å². The number of anilines is 1. The van der Waals surface area contributed by atoms with Crippen molar-refractivity contribution in [1.29, 1.82) is 0 Å². The number of hydrogen-bond donors (Lipinski definition) is 3. The molecule has 1 aromatic carbocycles. The number of nitrogens with two attached hydrogens (primary N) is 1. The lowest BCUT2D eigenvalue weighted by Crippen LogP contribution is -2.17. The van der Waals surface area contributed by atoms with Crippen LogP contribution in [0.25, 0.3) is 11.3 Å². The van der Waals surface area contributed by atoms with E-state index in [1.165, 1.54) is 5.56 Å². The van der Waals surface area contributed by atoms with Gasteiger partial charge >= 0.3 is 0 Å². The normalized spacial score (nSPS) is 11.3. The van der Waals surface area contributed by atoms with Crippen molar-refractivity contribution in [3.05, 3.63) is 41.7 Å². The van der Waals surface area contributed by atoms with Gasteiger partial charge in [-0.1, -0.05) is 19.1 Å². The molecular formula is C15H20N6. The van der Waals surface area contributed by atoms with Gasteiger partial charge in [-0.25, -0.2) is 4.98 Å². The summed E-state index contributed by atoms with van der Waals surface area (Å²) in [6, 6.07) is 6.02. The van der Waals surface area contributed by atoms with Crippen molar-refractivity contribution in [2.75, 3.05) is 19.4 Å². The van der Waals surface area contributed by atoms with E-state index >= 15 is 0 Å². The zero-order chi connectivity index (χ0) is 15.2. The molecule has 0 aliphatic carbocycles. The molecule has 4 N–H and O–H groups in total. The first kappa shape index (κ1) is 14.8. The number of amidine groups is 1. The van der Waals surface area contributed by atoms with Gasteiger partial charge in [0.2, 0.25) is 0 Å². The van der Waals surface area contributed by atoms with E-state index in [1.54, 1.807) is 19.4 Å². The Morgan fingerprint density at radius 3 is 2.62 bits per heavy atom. The molecule has 6 nitrogen and oxygen atoms in total. The van der Waals surface area contributed by atoms with Gasteiger partial charge in [0, 0.05) is 25.2 Å². The van der Waals surface area contributed by atoms with Crippen molar-refractivity contribution >= 4 is 11.7 Å². The molecule has 1 heterocycles. The fraction of sp³-hybridized carbons (Fsp3) is 0.267. The summed E-state index contributed by atoms with van der Waals surface area (Å²) >= 11 is 0. The Hall–Kier alpha value is -2.63. The highest BCUT2D eigenvalue weighted by Gasteiger charge is 2.09. The van der Waals surface area contributed by atoms with Gasteiger partial charge in [-0.15, -0.1) is 0 Å². The van der Waals surface area contributed by atoms with Crippen molar-refractivity contribution in [1.82, 2.24) is 15.4 Å². The molecule has 1 aromatic heterocycles. The number of benzene rings is 1. The van der Waals surface area contributed by atoms with Crippen LogP contribution in [-0.2, 0) is 6.42 Å². The molecule has 0 bridgehead atoms. The topological polar surface area (TPSA) is 88.2 Å².